The van der Waals surface area contributed by atoms with Crippen LogP contribution in [0.15, 0.2) is 16.5 Å². The van der Waals surface area contributed by atoms with Crippen molar-refractivity contribution in [2.75, 3.05) is 18.6 Å². The first-order valence-corrected chi connectivity index (χ1v) is 4.57. The fourth-order valence-corrected chi connectivity index (χ4v) is 1.03. The van der Waals surface area contributed by atoms with E-state index in [1.807, 2.05) is 0 Å². The van der Waals surface area contributed by atoms with Gasteiger partial charge in [0.15, 0.2) is 0 Å². The number of carbonyl (C=O) groups excluding carboxylic acids is 2. The molecule has 5 heteroatoms. The average molecular weight is 211 g/mol. The summed E-state index contributed by atoms with van der Waals surface area (Å²) in [5.74, 6) is -0.626. The third-order valence-electron chi connectivity index (χ3n) is 1.81. The summed E-state index contributed by atoms with van der Waals surface area (Å²) in [5.41, 5.74) is 0. The van der Waals surface area contributed by atoms with E-state index in [4.69, 9.17) is 4.42 Å². The highest BCUT2D eigenvalue weighted by atomic mass is 16.5. The van der Waals surface area contributed by atoms with Gasteiger partial charge in [0.1, 0.15) is 5.76 Å². The van der Waals surface area contributed by atoms with E-state index in [2.05, 4.69) is 4.74 Å². The molecule has 0 saturated carbocycles. The molecule has 5 nitrogen and oxygen atoms in total. The summed E-state index contributed by atoms with van der Waals surface area (Å²) in [5, 5.41) is 0. The van der Waals surface area contributed by atoms with Crippen molar-refractivity contribution in [3.63, 3.8) is 0 Å². The molecule has 0 fully saturated rings. The first-order valence-electron chi connectivity index (χ1n) is 4.57. The minimum atomic E-state index is -0.881. The normalized spacial score (nSPS) is 9.80. The van der Waals surface area contributed by atoms with Gasteiger partial charge in [-0.2, -0.15) is 0 Å². The maximum atomic E-state index is 11.4. The maximum Gasteiger partial charge on any atom is 0.397 e. The van der Waals surface area contributed by atoms with Gasteiger partial charge >= 0.3 is 11.9 Å². The van der Waals surface area contributed by atoms with E-state index in [0.29, 0.717) is 11.6 Å². The lowest BCUT2D eigenvalue weighted by molar-refractivity contribution is -0.153. The molecule has 0 atom stereocenters. The first-order chi connectivity index (χ1) is 7.06. The molecule has 0 unspecified atom stereocenters. The number of likely N-dealkylation sites (N-methyl/N-ethyl adjacent to an activating group) is 1. The van der Waals surface area contributed by atoms with E-state index in [-0.39, 0.29) is 6.61 Å². The minimum Gasteiger partial charge on any atom is -0.459 e. The third-order valence-corrected chi connectivity index (χ3v) is 1.81. The lowest BCUT2D eigenvalue weighted by atomic mass is 10.4. The molecular weight excluding hydrogens is 198 g/mol. The Balaban J connectivity index is 2.72. The Kier molecular flexibility index (Phi) is 3.49. The van der Waals surface area contributed by atoms with Gasteiger partial charge in [-0.3, -0.25) is 9.69 Å². The number of rotatable bonds is 2. The monoisotopic (exact) mass is 211 g/mol. The Bertz CT molecular complexity index is 369. The van der Waals surface area contributed by atoms with Crippen molar-refractivity contribution in [2.24, 2.45) is 0 Å². The van der Waals surface area contributed by atoms with Gasteiger partial charge in [-0.1, -0.05) is 0 Å². The molecule has 0 radical (unpaired) electrons. The number of esters is 1. The zero-order chi connectivity index (χ0) is 11.4. The summed E-state index contributed by atoms with van der Waals surface area (Å²) < 4.78 is 9.77. The second-order valence-electron chi connectivity index (χ2n) is 2.97. The van der Waals surface area contributed by atoms with E-state index >= 15 is 0 Å². The Labute approximate surface area is 87.6 Å². The van der Waals surface area contributed by atoms with E-state index in [0.717, 1.165) is 4.90 Å². The van der Waals surface area contributed by atoms with Crippen molar-refractivity contribution in [2.45, 2.75) is 13.8 Å². The largest absolute Gasteiger partial charge is 0.459 e. The standard InChI is InChI=1S/C10H13NO4/c1-4-14-10(13)9(12)11(3)8-6-5-7(2)15-8/h5-6H,4H2,1-3H3. The van der Waals surface area contributed by atoms with E-state index < -0.39 is 11.9 Å². The van der Waals surface area contributed by atoms with Crippen molar-refractivity contribution >= 4 is 17.8 Å². The van der Waals surface area contributed by atoms with Crippen LogP contribution in [0.2, 0.25) is 0 Å². The molecule has 0 aromatic carbocycles. The van der Waals surface area contributed by atoms with Crippen molar-refractivity contribution in [3.05, 3.63) is 17.9 Å². The van der Waals surface area contributed by atoms with E-state index in [1.165, 1.54) is 7.05 Å². The highest BCUT2D eigenvalue weighted by Crippen LogP contribution is 2.16. The topological polar surface area (TPSA) is 59.8 Å². The Morgan fingerprint density at radius 1 is 1.47 bits per heavy atom. The second kappa shape index (κ2) is 4.63. The number of furan rings is 1. The van der Waals surface area contributed by atoms with Gasteiger partial charge in [-0.15, -0.1) is 0 Å². The number of anilines is 1. The van der Waals surface area contributed by atoms with Crippen molar-refractivity contribution in [3.8, 4) is 0 Å². The summed E-state index contributed by atoms with van der Waals surface area (Å²) in [6, 6.07) is 3.33. The van der Waals surface area contributed by atoms with Crippen LogP contribution in [0.1, 0.15) is 12.7 Å². The Morgan fingerprint density at radius 3 is 2.60 bits per heavy atom. The fourth-order valence-electron chi connectivity index (χ4n) is 1.03. The van der Waals surface area contributed by atoms with Crippen LogP contribution in [0.4, 0.5) is 5.88 Å². The zero-order valence-corrected chi connectivity index (χ0v) is 8.94. The van der Waals surface area contributed by atoms with E-state index in [1.54, 1.807) is 26.0 Å². The molecule has 0 aliphatic carbocycles. The van der Waals surface area contributed by atoms with Crippen LogP contribution in [0.5, 0.6) is 0 Å². The molecule has 0 spiro atoms. The van der Waals surface area contributed by atoms with Crippen molar-refractivity contribution in [1.29, 1.82) is 0 Å². The molecule has 1 aromatic rings. The number of carbonyl (C=O) groups is 2. The molecular formula is C10H13NO4. The lowest BCUT2D eigenvalue weighted by Crippen LogP contribution is -2.34. The van der Waals surface area contributed by atoms with Crippen LogP contribution >= 0.6 is 0 Å². The van der Waals surface area contributed by atoms with Crippen LogP contribution in [-0.2, 0) is 14.3 Å². The molecule has 1 amide bonds. The number of aryl methyl sites for hydroxylation is 1. The van der Waals surface area contributed by atoms with Crippen LogP contribution in [0.25, 0.3) is 0 Å². The summed E-state index contributed by atoms with van der Waals surface area (Å²) in [6.45, 7) is 3.57. The second-order valence-corrected chi connectivity index (χ2v) is 2.97. The molecule has 0 N–H and O–H groups in total. The van der Waals surface area contributed by atoms with Crippen LogP contribution in [0.3, 0.4) is 0 Å². The summed E-state index contributed by atoms with van der Waals surface area (Å²) in [4.78, 5) is 23.7. The average Bonchev–Trinajstić information content (AvgIpc) is 2.63. The molecule has 0 saturated heterocycles. The smallest absolute Gasteiger partial charge is 0.397 e. The van der Waals surface area contributed by atoms with Gasteiger partial charge in [0, 0.05) is 13.1 Å². The number of hydrogen-bond donors (Lipinski definition) is 0. The Morgan fingerprint density at radius 2 is 2.13 bits per heavy atom. The highest BCUT2D eigenvalue weighted by molar-refractivity contribution is 6.37. The lowest BCUT2D eigenvalue weighted by Gasteiger charge is -2.12. The quantitative estimate of drug-likeness (QED) is 0.543. The maximum absolute atomic E-state index is 11.4. The Hall–Kier alpha value is -1.78. The minimum absolute atomic E-state index is 0.176. The summed E-state index contributed by atoms with van der Waals surface area (Å²) >= 11 is 0. The third kappa shape index (κ3) is 2.59. The van der Waals surface area contributed by atoms with Gasteiger partial charge in [-0.05, 0) is 19.9 Å². The molecule has 1 heterocycles. The van der Waals surface area contributed by atoms with Crippen molar-refractivity contribution in [1.82, 2.24) is 0 Å². The zero-order valence-electron chi connectivity index (χ0n) is 8.94. The molecule has 1 aromatic heterocycles. The number of nitrogens with zero attached hydrogens (tertiary/aromatic N) is 1. The molecule has 1 rings (SSSR count). The van der Waals surface area contributed by atoms with Gasteiger partial charge in [0.2, 0.25) is 5.88 Å². The summed E-state index contributed by atoms with van der Waals surface area (Å²) in [7, 11) is 1.46. The molecule has 0 aliphatic rings. The predicted molar refractivity (Wildman–Crippen MR) is 53.5 cm³/mol. The number of ether oxygens (including phenoxy) is 1. The number of hydrogen-bond acceptors (Lipinski definition) is 4. The molecule has 15 heavy (non-hydrogen) atoms. The highest BCUT2D eigenvalue weighted by Gasteiger charge is 2.22. The van der Waals surface area contributed by atoms with Gasteiger partial charge < -0.3 is 9.15 Å². The van der Waals surface area contributed by atoms with Crippen molar-refractivity contribution < 1.29 is 18.7 Å². The molecule has 0 bridgehead atoms. The first kappa shape index (κ1) is 11.3. The van der Waals surface area contributed by atoms with E-state index in [9.17, 15) is 9.59 Å². The van der Waals surface area contributed by atoms with Crippen LogP contribution < -0.4 is 4.90 Å². The summed E-state index contributed by atoms with van der Waals surface area (Å²) in [6.07, 6.45) is 0. The van der Waals surface area contributed by atoms with Crippen LogP contribution in [0, 0.1) is 6.92 Å². The molecule has 0 aliphatic heterocycles. The number of amides is 1. The van der Waals surface area contributed by atoms with Gasteiger partial charge in [-0.25, -0.2) is 4.79 Å². The fraction of sp³-hybridized carbons (Fsp3) is 0.400. The van der Waals surface area contributed by atoms with Gasteiger partial charge in [0.25, 0.3) is 0 Å². The SMILES string of the molecule is CCOC(=O)C(=O)N(C)c1ccc(C)o1. The van der Waals surface area contributed by atoms with Crippen LogP contribution in [-0.4, -0.2) is 25.5 Å². The van der Waals surface area contributed by atoms with Gasteiger partial charge in [0.05, 0.1) is 6.61 Å². The molecule has 82 valence electrons. The predicted octanol–water partition coefficient (Wildman–Crippen LogP) is 1.11.